The van der Waals surface area contributed by atoms with Gasteiger partial charge in [0.05, 0.1) is 13.2 Å². The Hall–Kier alpha value is -3.31. The van der Waals surface area contributed by atoms with Crippen molar-refractivity contribution in [3.05, 3.63) is 95.6 Å². The summed E-state index contributed by atoms with van der Waals surface area (Å²) >= 11 is 0. The molecule has 1 aliphatic rings. The Kier molecular flexibility index (Phi) is 6.85. The second kappa shape index (κ2) is 10.1. The van der Waals surface area contributed by atoms with Crippen molar-refractivity contribution >= 4 is 11.7 Å². The van der Waals surface area contributed by atoms with Gasteiger partial charge in [0.25, 0.3) is 0 Å². The molecule has 3 aromatic carbocycles. The molecule has 0 unspecified atom stereocenters. The van der Waals surface area contributed by atoms with Crippen LogP contribution in [0.1, 0.15) is 22.6 Å². The Morgan fingerprint density at radius 1 is 0.935 bits per heavy atom. The number of rotatable bonds is 10. The monoisotopic (exact) mass is 417 g/mol. The minimum absolute atomic E-state index is 0.198. The smallest absolute Gasteiger partial charge is 0.341 e. The van der Waals surface area contributed by atoms with Crippen molar-refractivity contribution in [1.29, 1.82) is 0 Å². The number of carboxylic acid groups (broad SMARTS) is 1. The highest BCUT2D eigenvalue weighted by Crippen LogP contribution is 2.35. The second-order valence-corrected chi connectivity index (χ2v) is 7.62. The molecule has 0 amide bonds. The van der Waals surface area contributed by atoms with Crippen LogP contribution in [0.5, 0.6) is 5.75 Å². The number of carboxylic acids is 1. The first-order chi connectivity index (χ1) is 15.2. The number of ether oxygens (including phenoxy) is 2. The highest BCUT2D eigenvalue weighted by atomic mass is 16.5. The normalized spacial score (nSPS) is 12.7. The predicted molar refractivity (Wildman–Crippen MR) is 121 cm³/mol. The summed E-state index contributed by atoms with van der Waals surface area (Å²) in [6.07, 6.45) is 0.849. The Labute approximate surface area is 182 Å². The topological polar surface area (TPSA) is 59.0 Å². The van der Waals surface area contributed by atoms with Crippen LogP contribution in [-0.4, -0.2) is 44.0 Å². The first kappa shape index (κ1) is 20.9. The molecule has 0 radical (unpaired) electrons. The number of carbonyl (C=O) groups is 1. The summed E-state index contributed by atoms with van der Waals surface area (Å²) in [5.74, 6) is -0.104. The summed E-state index contributed by atoms with van der Waals surface area (Å²) in [5, 5.41) is 8.88. The number of hydrogen-bond donors (Lipinski definition) is 1. The lowest BCUT2D eigenvalue weighted by molar-refractivity contribution is -0.139. The van der Waals surface area contributed by atoms with Crippen molar-refractivity contribution in [3.63, 3.8) is 0 Å². The van der Waals surface area contributed by atoms with E-state index in [1.807, 2.05) is 24.3 Å². The van der Waals surface area contributed by atoms with E-state index in [1.54, 1.807) is 0 Å². The molecule has 0 fully saturated rings. The molecule has 1 N–H and O–H groups in total. The fraction of sp³-hybridized carbons (Fsp3) is 0.269. The van der Waals surface area contributed by atoms with E-state index in [4.69, 9.17) is 14.6 Å². The summed E-state index contributed by atoms with van der Waals surface area (Å²) in [7, 11) is 0. The van der Waals surface area contributed by atoms with Crippen molar-refractivity contribution in [1.82, 2.24) is 0 Å². The lowest BCUT2D eigenvalue weighted by Gasteiger charge is -2.22. The quantitative estimate of drug-likeness (QED) is 0.497. The van der Waals surface area contributed by atoms with Gasteiger partial charge in [-0.3, -0.25) is 0 Å². The van der Waals surface area contributed by atoms with Crippen LogP contribution < -0.4 is 9.64 Å². The molecule has 1 heterocycles. The van der Waals surface area contributed by atoms with Gasteiger partial charge in [-0.15, -0.1) is 0 Å². The van der Waals surface area contributed by atoms with Crippen molar-refractivity contribution in [2.24, 2.45) is 0 Å². The van der Waals surface area contributed by atoms with Gasteiger partial charge in [0.15, 0.2) is 6.61 Å². The fourth-order valence-electron chi connectivity index (χ4n) is 4.11. The maximum Gasteiger partial charge on any atom is 0.341 e. The molecule has 0 bridgehead atoms. The van der Waals surface area contributed by atoms with Gasteiger partial charge < -0.3 is 19.5 Å². The molecule has 0 aliphatic carbocycles. The molecule has 1 aliphatic heterocycles. The van der Waals surface area contributed by atoms with Crippen molar-refractivity contribution in [2.75, 3.05) is 37.8 Å². The Morgan fingerprint density at radius 3 is 2.26 bits per heavy atom. The van der Waals surface area contributed by atoms with Gasteiger partial charge in [-0.1, -0.05) is 66.7 Å². The molecular weight excluding hydrogens is 390 g/mol. The van der Waals surface area contributed by atoms with Crippen molar-refractivity contribution < 1.29 is 19.4 Å². The number of hydrogen-bond acceptors (Lipinski definition) is 4. The van der Waals surface area contributed by atoms with Crippen LogP contribution in [-0.2, 0) is 16.0 Å². The van der Waals surface area contributed by atoms with E-state index in [0.29, 0.717) is 19.0 Å². The Balaban J connectivity index is 1.36. The lowest BCUT2D eigenvalue weighted by Crippen LogP contribution is -2.26. The largest absolute Gasteiger partial charge is 0.482 e. The molecule has 0 spiro atoms. The maximum atomic E-state index is 10.8. The van der Waals surface area contributed by atoms with E-state index in [0.717, 1.165) is 30.8 Å². The maximum absolute atomic E-state index is 10.8. The van der Waals surface area contributed by atoms with Gasteiger partial charge in [0.2, 0.25) is 0 Å². The van der Waals surface area contributed by atoms with Crippen LogP contribution in [0.15, 0.2) is 78.9 Å². The second-order valence-electron chi connectivity index (χ2n) is 7.62. The summed E-state index contributed by atoms with van der Waals surface area (Å²) < 4.78 is 11.6. The summed E-state index contributed by atoms with van der Waals surface area (Å²) in [4.78, 5) is 13.1. The lowest BCUT2D eigenvalue weighted by atomic mass is 9.92. The molecule has 160 valence electrons. The van der Waals surface area contributed by atoms with Crippen LogP contribution in [0.4, 0.5) is 5.69 Å². The third-order valence-corrected chi connectivity index (χ3v) is 5.63. The van der Waals surface area contributed by atoms with E-state index >= 15 is 0 Å². The summed E-state index contributed by atoms with van der Waals surface area (Å²) in [5.41, 5.74) is 4.69. The van der Waals surface area contributed by atoms with E-state index in [-0.39, 0.29) is 12.5 Å². The molecule has 4 rings (SSSR count). The molecule has 0 saturated heterocycles. The molecule has 5 heteroatoms. The number of fused-ring (bicyclic) bond motifs is 1. The molecule has 0 atom stereocenters. The number of aliphatic carboxylic acids is 1. The Morgan fingerprint density at radius 2 is 1.61 bits per heavy atom. The average Bonchev–Trinajstić information content (AvgIpc) is 3.22. The number of nitrogens with zero attached hydrogens (tertiary/aromatic N) is 1. The third kappa shape index (κ3) is 5.25. The van der Waals surface area contributed by atoms with E-state index in [1.165, 1.54) is 11.1 Å². The standard InChI is InChI=1S/C26H27NO4/c28-26(29)19-31-25-13-7-12-24-22(25)14-15-27(24)16-17-30-18-23(20-8-3-1-4-9-20)21-10-5-2-6-11-21/h1-13,23H,14-19H2,(H,28,29). The summed E-state index contributed by atoms with van der Waals surface area (Å²) in [6, 6.07) is 26.7. The zero-order valence-electron chi connectivity index (χ0n) is 17.4. The summed E-state index contributed by atoms with van der Waals surface area (Å²) in [6.45, 7) is 2.59. The van der Waals surface area contributed by atoms with Crippen LogP contribution in [0.3, 0.4) is 0 Å². The molecule has 31 heavy (non-hydrogen) atoms. The van der Waals surface area contributed by atoms with E-state index in [9.17, 15) is 4.79 Å². The molecule has 0 saturated carbocycles. The van der Waals surface area contributed by atoms with E-state index in [2.05, 4.69) is 59.5 Å². The van der Waals surface area contributed by atoms with Crippen LogP contribution in [0.25, 0.3) is 0 Å². The van der Waals surface area contributed by atoms with Gasteiger partial charge in [-0.2, -0.15) is 0 Å². The zero-order valence-corrected chi connectivity index (χ0v) is 17.4. The van der Waals surface area contributed by atoms with Crippen molar-refractivity contribution in [2.45, 2.75) is 12.3 Å². The van der Waals surface area contributed by atoms with Crippen LogP contribution in [0.2, 0.25) is 0 Å². The van der Waals surface area contributed by atoms with Gasteiger partial charge in [0.1, 0.15) is 5.75 Å². The van der Waals surface area contributed by atoms with Gasteiger partial charge in [-0.05, 0) is 29.7 Å². The zero-order chi connectivity index (χ0) is 21.5. The predicted octanol–water partition coefficient (Wildman–Crippen LogP) is 4.36. The fourth-order valence-corrected chi connectivity index (χ4v) is 4.11. The van der Waals surface area contributed by atoms with Gasteiger partial charge in [0, 0.05) is 30.3 Å². The highest BCUT2D eigenvalue weighted by Gasteiger charge is 2.23. The first-order valence-electron chi connectivity index (χ1n) is 10.6. The van der Waals surface area contributed by atoms with Gasteiger partial charge in [-0.25, -0.2) is 4.79 Å². The number of benzene rings is 3. The third-order valence-electron chi connectivity index (χ3n) is 5.63. The van der Waals surface area contributed by atoms with E-state index < -0.39 is 5.97 Å². The van der Waals surface area contributed by atoms with Crippen LogP contribution >= 0.6 is 0 Å². The SMILES string of the molecule is O=C(O)COc1cccc2c1CCN2CCOCC(c1ccccc1)c1ccccc1. The molecule has 0 aromatic heterocycles. The van der Waals surface area contributed by atoms with Crippen LogP contribution in [0, 0.1) is 0 Å². The highest BCUT2D eigenvalue weighted by molar-refractivity contribution is 5.69. The molecule has 3 aromatic rings. The molecule has 5 nitrogen and oxygen atoms in total. The minimum Gasteiger partial charge on any atom is -0.482 e. The molecular formula is C26H27NO4. The minimum atomic E-state index is -0.966. The average molecular weight is 418 g/mol. The van der Waals surface area contributed by atoms with Gasteiger partial charge >= 0.3 is 5.97 Å². The Bertz CT molecular complexity index is 951. The van der Waals surface area contributed by atoms with Crippen molar-refractivity contribution in [3.8, 4) is 5.75 Å². The first-order valence-corrected chi connectivity index (χ1v) is 10.6. The number of anilines is 1.